The maximum Gasteiger partial charge on any atom is 0.193 e. The van der Waals surface area contributed by atoms with Gasteiger partial charge < -0.3 is 15.1 Å². The molecule has 4 heteroatoms. The largest absolute Gasteiger partial charge is 0.355 e. The molecule has 1 fully saturated rings. The minimum atomic E-state index is 0.660. The fourth-order valence-corrected chi connectivity index (χ4v) is 2.75. The van der Waals surface area contributed by atoms with Crippen LogP contribution in [0, 0.1) is 0 Å². The molecule has 1 aliphatic rings. The van der Waals surface area contributed by atoms with Gasteiger partial charge in [0.15, 0.2) is 5.96 Å². The summed E-state index contributed by atoms with van der Waals surface area (Å²) in [6.07, 6.45) is 9.47. The predicted molar refractivity (Wildman–Crippen MR) is 88.3 cm³/mol. The highest BCUT2D eigenvalue weighted by atomic mass is 15.3. The molecule has 1 saturated heterocycles. The molecule has 0 aliphatic carbocycles. The number of nitrogens with one attached hydrogen (secondary N) is 1. The molecule has 1 aliphatic heterocycles. The lowest BCUT2D eigenvalue weighted by Crippen LogP contribution is -2.44. The Hall–Kier alpha value is -1.03. The Balaban J connectivity index is 2.21. The van der Waals surface area contributed by atoms with E-state index in [4.69, 9.17) is 0 Å². The number of allylic oxidation sites excluding steroid dienone is 1. The Morgan fingerprint density at radius 3 is 2.85 bits per heavy atom. The predicted octanol–water partition coefficient (Wildman–Crippen LogP) is 2.33. The molecule has 1 N–H and O–H groups in total. The van der Waals surface area contributed by atoms with Gasteiger partial charge in [-0.15, -0.1) is 6.58 Å². The van der Waals surface area contributed by atoms with E-state index < -0.39 is 0 Å². The van der Waals surface area contributed by atoms with Gasteiger partial charge in [-0.3, -0.25) is 4.99 Å². The fraction of sp³-hybridized carbons (Fsp3) is 0.812. The van der Waals surface area contributed by atoms with Gasteiger partial charge in [0.05, 0.1) is 0 Å². The maximum absolute atomic E-state index is 4.39. The van der Waals surface area contributed by atoms with Crippen molar-refractivity contribution < 1.29 is 0 Å². The number of rotatable bonds is 8. The molecule has 0 amide bonds. The molecule has 20 heavy (non-hydrogen) atoms. The van der Waals surface area contributed by atoms with E-state index in [1.165, 1.54) is 38.6 Å². The van der Waals surface area contributed by atoms with Crippen LogP contribution in [0.2, 0.25) is 0 Å². The molecule has 0 radical (unpaired) electrons. The molecule has 1 rings (SSSR count). The Morgan fingerprint density at radius 1 is 1.45 bits per heavy atom. The van der Waals surface area contributed by atoms with Crippen molar-refractivity contribution in [2.45, 2.75) is 44.6 Å². The van der Waals surface area contributed by atoms with Crippen molar-refractivity contribution in [2.75, 3.05) is 40.8 Å². The quantitative estimate of drug-likeness (QED) is 0.320. The van der Waals surface area contributed by atoms with Crippen LogP contribution in [-0.2, 0) is 0 Å². The number of aliphatic imine (C=N–C) groups is 1. The second-order valence-electron chi connectivity index (χ2n) is 5.76. The average Bonchev–Trinajstić information content (AvgIpc) is 2.85. The van der Waals surface area contributed by atoms with Crippen LogP contribution in [0.5, 0.6) is 0 Å². The fourth-order valence-electron chi connectivity index (χ4n) is 2.75. The van der Waals surface area contributed by atoms with Crippen LogP contribution >= 0.6 is 0 Å². The zero-order valence-corrected chi connectivity index (χ0v) is 13.6. The van der Waals surface area contributed by atoms with E-state index in [9.17, 15) is 0 Å². The van der Waals surface area contributed by atoms with E-state index in [2.05, 4.69) is 40.8 Å². The molecule has 1 heterocycles. The van der Waals surface area contributed by atoms with Crippen LogP contribution in [0.3, 0.4) is 0 Å². The van der Waals surface area contributed by atoms with Crippen molar-refractivity contribution in [3.05, 3.63) is 12.7 Å². The molecule has 0 aromatic heterocycles. The minimum absolute atomic E-state index is 0.660. The number of likely N-dealkylation sites (N-methyl/N-ethyl adjacent to an activating group) is 1. The number of guanidine groups is 1. The molecule has 0 aromatic rings. The van der Waals surface area contributed by atoms with Gasteiger partial charge in [-0.25, -0.2) is 0 Å². The van der Waals surface area contributed by atoms with E-state index in [-0.39, 0.29) is 0 Å². The summed E-state index contributed by atoms with van der Waals surface area (Å²) >= 11 is 0. The Bertz CT molecular complexity index is 301. The lowest BCUT2D eigenvalue weighted by molar-refractivity contribution is 0.306. The maximum atomic E-state index is 4.39. The molecule has 116 valence electrons. The number of unbranched alkanes of at least 4 members (excludes halogenated alkanes) is 3. The Kier molecular flexibility index (Phi) is 8.35. The lowest BCUT2D eigenvalue weighted by Gasteiger charge is -2.25. The van der Waals surface area contributed by atoms with Crippen LogP contribution in [0.15, 0.2) is 17.6 Å². The topological polar surface area (TPSA) is 30.9 Å². The SMILES string of the molecule is C=CCCCCCN(C)C(=NC)NCC1CCCN1C. The molecule has 0 spiro atoms. The van der Waals surface area contributed by atoms with Crippen molar-refractivity contribution >= 4 is 5.96 Å². The third-order valence-electron chi connectivity index (χ3n) is 4.14. The molecule has 0 bridgehead atoms. The third-order valence-corrected chi connectivity index (χ3v) is 4.14. The van der Waals surface area contributed by atoms with E-state index in [0.717, 1.165) is 25.5 Å². The van der Waals surface area contributed by atoms with E-state index >= 15 is 0 Å². The lowest BCUT2D eigenvalue weighted by atomic mass is 10.2. The van der Waals surface area contributed by atoms with Crippen molar-refractivity contribution in [3.63, 3.8) is 0 Å². The van der Waals surface area contributed by atoms with Gasteiger partial charge in [-0.2, -0.15) is 0 Å². The first-order chi connectivity index (χ1) is 9.69. The van der Waals surface area contributed by atoms with Crippen molar-refractivity contribution in [3.8, 4) is 0 Å². The van der Waals surface area contributed by atoms with Gasteiger partial charge in [0, 0.05) is 33.2 Å². The zero-order valence-electron chi connectivity index (χ0n) is 13.6. The summed E-state index contributed by atoms with van der Waals surface area (Å²) in [4.78, 5) is 9.06. The molecule has 1 unspecified atom stereocenters. The third kappa shape index (κ3) is 5.95. The highest BCUT2D eigenvalue weighted by Gasteiger charge is 2.21. The zero-order chi connectivity index (χ0) is 14.8. The smallest absolute Gasteiger partial charge is 0.193 e. The second-order valence-corrected chi connectivity index (χ2v) is 5.76. The van der Waals surface area contributed by atoms with Crippen LogP contribution in [0.25, 0.3) is 0 Å². The first-order valence-electron chi connectivity index (χ1n) is 7.92. The first kappa shape index (κ1) is 17.0. The summed E-state index contributed by atoms with van der Waals surface area (Å²) in [6, 6.07) is 0.660. The minimum Gasteiger partial charge on any atom is -0.355 e. The summed E-state index contributed by atoms with van der Waals surface area (Å²) in [6.45, 7) is 7.06. The first-order valence-corrected chi connectivity index (χ1v) is 7.92. The summed E-state index contributed by atoms with van der Waals surface area (Å²) < 4.78 is 0. The van der Waals surface area contributed by atoms with Crippen molar-refractivity contribution in [2.24, 2.45) is 4.99 Å². The van der Waals surface area contributed by atoms with E-state index in [1.54, 1.807) is 0 Å². The van der Waals surface area contributed by atoms with E-state index in [1.807, 2.05) is 13.1 Å². The Morgan fingerprint density at radius 2 is 2.25 bits per heavy atom. The van der Waals surface area contributed by atoms with Crippen LogP contribution in [0.1, 0.15) is 38.5 Å². The molecular formula is C16H32N4. The standard InChI is InChI=1S/C16H32N4/c1-5-6-7-8-9-12-20(4)16(17-2)18-14-15-11-10-13-19(15)3/h5,15H,1,6-14H2,2-4H3,(H,17,18). The highest BCUT2D eigenvalue weighted by Crippen LogP contribution is 2.13. The van der Waals surface area contributed by atoms with E-state index in [0.29, 0.717) is 6.04 Å². The number of nitrogens with zero attached hydrogens (tertiary/aromatic N) is 3. The van der Waals surface area contributed by atoms with Crippen LogP contribution in [-0.4, -0.2) is 62.6 Å². The van der Waals surface area contributed by atoms with Gasteiger partial charge in [-0.1, -0.05) is 12.5 Å². The van der Waals surface area contributed by atoms with Gasteiger partial charge in [0.25, 0.3) is 0 Å². The van der Waals surface area contributed by atoms with Crippen LogP contribution in [0.4, 0.5) is 0 Å². The van der Waals surface area contributed by atoms with Gasteiger partial charge in [0.1, 0.15) is 0 Å². The van der Waals surface area contributed by atoms with Gasteiger partial charge in [0.2, 0.25) is 0 Å². The Labute approximate surface area is 124 Å². The second kappa shape index (κ2) is 9.81. The average molecular weight is 280 g/mol. The number of likely N-dealkylation sites (tertiary alicyclic amines) is 1. The summed E-state index contributed by atoms with van der Waals surface area (Å²) in [5.41, 5.74) is 0. The highest BCUT2D eigenvalue weighted by molar-refractivity contribution is 5.79. The summed E-state index contributed by atoms with van der Waals surface area (Å²) in [5, 5.41) is 3.51. The van der Waals surface area contributed by atoms with Crippen molar-refractivity contribution in [1.29, 1.82) is 0 Å². The van der Waals surface area contributed by atoms with Crippen LogP contribution < -0.4 is 5.32 Å². The molecule has 4 nitrogen and oxygen atoms in total. The summed E-state index contributed by atoms with van der Waals surface area (Å²) in [5.74, 6) is 1.02. The van der Waals surface area contributed by atoms with Gasteiger partial charge >= 0.3 is 0 Å². The number of hydrogen-bond acceptors (Lipinski definition) is 2. The molecule has 0 aromatic carbocycles. The number of hydrogen-bond donors (Lipinski definition) is 1. The van der Waals surface area contributed by atoms with Crippen molar-refractivity contribution in [1.82, 2.24) is 15.1 Å². The molecule has 0 saturated carbocycles. The monoisotopic (exact) mass is 280 g/mol. The molecular weight excluding hydrogens is 248 g/mol. The summed E-state index contributed by atoms with van der Waals surface area (Å²) in [7, 11) is 6.21. The normalized spacial score (nSPS) is 20.1. The van der Waals surface area contributed by atoms with Gasteiger partial charge in [-0.05, 0) is 45.7 Å². The molecule has 1 atom stereocenters.